The maximum atomic E-state index is 12.4. The van der Waals surface area contributed by atoms with Gasteiger partial charge in [-0.2, -0.15) is 0 Å². The van der Waals surface area contributed by atoms with Crippen LogP contribution in [-0.4, -0.2) is 34.9 Å². The fourth-order valence-corrected chi connectivity index (χ4v) is 2.99. The largest absolute Gasteiger partial charge is 0.461 e. The molecule has 0 aromatic carbocycles. The van der Waals surface area contributed by atoms with E-state index in [-0.39, 0.29) is 11.8 Å². The second-order valence-corrected chi connectivity index (χ2v) is 5.83. The third kappa shape index (κ3) is 3.64. The lowest BCUT2D eigenvalue weighted by Crippen LogP contribution is -2.27. The van der Waals surface area contributed by atoms with Crippen LogP contribution in [-0.2, 0) is 16.1 Å². The molecule has 5 heteroatoms. The summed E-state index contributed by atoms with van der Waals surface area (Å²) in [5, 5.41) is 0. The lowest BCUT2D eigenvalue weighted by atomic mass is 9.93. The van der Waals surface area contributed by atoms with Crippen LogP contribution in [0.1, 0.15) is 49.8 Å². The summed E-state index contributed by atoms with van der Waals surface area (Å²) in [6.07, 6.45) is 1.96. The summed E-state index contributed by atoms with van der Waals surface area (Å²) in [4.78, 5) is 30.3. The number of carbonyl (C=O) groups excluding carboxylic acids is 2. The average molecular weight is 304 g/mol. The van der Waals surface area contributed by atoms with E-state index in [0.717, 1.165) is 25.1 Å². The number of nitrogens with zero attached hydrogens (tertiary/aromatic N) is 2. The maximum absolute atomic E-state index is 12.4. The molecule has 2 unspecified atom stereocenters. The van der Waals surface area contributed by atoms with E-state index in [1.54, 1.807) is 19.1 Å². The molecular formula is C17H24N2O3. The van der Waals surface area contributed by atoms with Crippen LogP contribution >= 0.6 is 0 Å². The van der Waals surface area contributed by atoms with E-state index in [2.05, 4.69) is 18.8 Å². The SMILES string of the molecule is CCCC1C(=O)N(Cc2cccc(C(=O)OCC)n2)CC1C. The van der Waals surface area contributed by atoms with Gasteiger partial charge in [0.1, 0.15) is 5.69 Å². The number of esters is 1. The van der Waals surface area contributed by atoms with Gasteiger partial charge >= 0.3 is 5.97 Å². The third-order valence-electron chi connectivity index (χ3n) is 4.07. The van der Waals surface area contributed by atoms with Crippen molar-refractivity contribution in [3.8, 4) is 0 Å². The van der Waals surface area contributed by atoms with Gasteiger partial charge in [-0.05, 0) is 31.4 Å². The Morgan fingerprint density at radius 2 is 2.18 bits per heavy atom. The Labute approximate surface area is 131 Å². The minimum atomic E-state index is -0.422. The van der Waals surface area contributed by atoms with E-state index < -0.39 is 5.97 Å². The fraction of sp³-hybridized carbons (Fsp3) is 0.588. The van der Waals surface area contributed by atoms with Crippen molar-refractivity contribution in [1.29, 1.82) is 0 Å². The van der Waals surface area contributed by atoms with E-state index in [9.17, 15) is 9.59 Å². The van der Waals surface area contributed by atoms with Gasteiger partial charge in [0.2, 0.25) is 5.91 Å². The summed E-state index contributed by atoms with van der Waals surface area (Å²) >= 11 is 0. The maximum Gasteiger partial charge on any atom is 0.356 e. The van der Waals surface area contributed by atoms with Crippen LogP contribution in [0.15, 0.2) is 18.2 Å². The zero-order valence-electron chi connectivity index (χ0n) is 13.5. The topological polar surface area (TPSA) is 59.5 Å². The van der Waals surface area contributed by atoms with Gasteiger partial charge in [-0.15, -0.1) is 0 Å². The second-order valence-electron chi connectivity index (χ2n) is 5.83. The molecule has 1 amide bonds. The molecule has 1 aliphatic heterocycles. The number of rotatable bonds is 6. The van der Waals surface area contributed by atoms with Crippen molar-refractivity contribution in [2.45, 2.75) is 40.2 Å². The molecule has 1 saturated heterocycles. The highest BCUT2D eigenvalue weighted by molar-refractivity contribution is 5.87. The van der Waals surface area contributed by atoms with Crippen molar-refractivity contribution in [3.63, 3.8) is 0 Å². The van der Waals surface area contributed by atoms with Crippen LogP contribution in [0.4, 0.5) is 0 Å². The molecule has 1 fully saturated rings. The van der Waals surface area contributed by atoms with E-state index in [0.29, 0.717) is 24.8 Å². The number of amides is 1. The zero-order valence-corrected chi connectivity index (χ0v) is 13.5. The standard InChI is InChI=1S/C17H24N2O3/c1-4-7-14-12(3)10-19(16(14)20)11-13-8-6-9-15(18-13)17(21)22-5-2/h6,8-9,12,14H,4-5,7,10-11H2,1-3H3. The summed E-state index contributed by atoms with van der Waals surface area (Å²) in [6.45, 7) is 7.53. The Kier molecular flexibility index (Phi) is 5.52. The summed E-state index contributed by atoms with van der Waals surface area (Å²) in [5.74, 6) is 0.283. The summed E-state index contributed by atoms with van der Waals surface area (Å²) in [6, 6.07) is 5.26. The molecule has 2 rings (SSSR count). The molecule has 120 valence electrons. The van der Waals surface area contributed by atoms with Crippen molar-refractivity contribution in [3.05, 3.63) is 29.6 Å². The number of ether oxygens (including phenoxy) is 1. The molecule has 1 aromatic heterocycles. The highest BCUT2D eigenvalue weighted by atomic mass is 16.5. The Bertz CT molecular complexity index is 544. The number of carbonyl (C=O) groups is 2. The molecule has 0 bridgehead atoms. The predicted molar refractivity (Wildman–Crippen MR) is 83.2 cm³/mol. The summed E-state index contributed by atoms with van der Waals surface area (Å²) in [7, 11) is 0. The average Bonchev–Trinajstić information content (AvgIpc) is 2.76. The molecule has 2 atom stereocenters. The minimum absolute atomic E-state index is 0.123. The van der Waals surface area contributed by atoms with Crippen LogP contribution in [0.25, 0.3) is 0 Å². The van der Waals surface area contributed by atoms with Gasteiger partial charge in [0.05, 0.1) is 18.8 Å². The van der Waals surface area contributed by atoms with Crippen molar-refractivity contribution < 1.29 is 14.3 Å². The smallest absolute Gasteiger partial charge is 0.356 e. The zero-order chi connectivity index (χ0) is 16.1. The van der Waals surface area contributed by atoms with Gasteiger partial charge in [-0.3, -0.25) is 4.79 Å². The Balaban J connectivity index is 2.06. The number of hydrogen-bond donors (Lipinski definition) is 0. The summed E-state index contributed by atoms with van der Waals surface area (Å²) in [5.41, 5.74) is 1.02. The highest BCUT2D eigenvalue weighted by Crippen LogP contribution is 2.29. The van der Waals surface area contributed by atoms with Crippen LogP contribution in [0.5, 0.6) is 0 Å². The molecule has 0 radical (unpaired) electrons. The molecule has 0 spiro atoms. The first-order valence-corrected chi connectivity index (χ1v) is 7.98. The predicted octanol–water partition coefficient (Wildman–Crippen LogP) is 2.65. The van der Waals surface area contributed by atoms with Crippen molar-refractivity contribution >= 4 is 11.9 Å². The monoisotopic (exact) mass is 304 g/mol. The first kappa shape index (κ1) is 16.5. The minimum Gasteiger partial charge on any atom is -0.461 e. The number of pyridine rings is 1. The van der Waals surface area contributed by atoms with Crippen LogP contribution in [0.3, 0.4) is 0 Å². The van der Waals surface area contributed by atoms with Crippen molar-refractivity contribution in [2.75, 3.05) is 13.2 Å². The fourth-order valence-electron chi connectivity index (χ4n) is 2.99. The molecule has 22 heavy (non-hydrogen) atoms. The van der Waals surface area contributed by atoms with E-state index in [1.807, 2.05) is 11.0 Å². The van der Waals surface area contributed by atoms with Gasteiger partial charge < -0.3 is 9.64 Å². The lowest BCUT2D eigenvalue weighted by Gasteiger charge is -2.16. The number of hydrogen-bond acceptors (Lipinski definition) is 4. The Morgan fingerprint density at radius 1 is 1.41 bits per heavy atom. The van der Waals surface area contributed by atoms with Gasteiger partial charge in [-0.1, -0.05) is 26.3 Å². The van der Waals surface area contributed by atoms with Crippen LogP contribution in [0.2, 0.25) is 0 Å². The number of aromatic nitrogens is 1. The first-order valence-electron chi connectivity index (χ1n) is 7.98. The van der Waals surface area contributed by atoms with Gasteiger partial charge in [-0.25, -0.2) is 9.78 Å². The highest BCUT2D eigenvalue weighted by Gasteiger charge is 2.36. The molecule has 5 nitrogen and oxygen atoms in total. The van der Waals surface area contributed by atoms with E-state index in [1.165, 1.54) is 0 Å². The molecular weight excluding hydrogens is 280 g/mol. The lowest BCUT2D eigenvalue weighted by molar-refractivity contribution is -0.131. The Hall–Kier alpha value is -1.91. The molecule has 1 aromatic rings. The van der Waals surface area contributed by atoms with Gasteiger partial charge in [0, 0.05) is 12.5 Å². The van der Waals surface area contributed by atoms with Crippen LogP contribution < -0.4 is 0 Å². The molecule has 0 saturated carbocycles. The molecule has 1 aliphatic rings. The quantitative estimate of drug-likeness (QED) is 0.758. The normalized spacial score (nSPS) is 21.2. The second kappa shape index (κ2) is 7.38. The van der Waals surface area contributed by atoms with E-state index in [4.69, 9.17) is 4.74 Å². The van der Waals surface area contributed by atoms with Crippen LogP contribution in [0, 0.1) is 11.8 Å². The van der Waals surface area contributed by atoms with Gasteiger partial charge in [0.25, 0.3) is 0 Å². The first-order chi connectivity index (χ1) is 10.6. The third-order valence-corrected chi connectivity index (χ3v) is 4.07. The summed E-state index contributed by atoms with van der Waals surface area (Å²) < 4.78 is 4.96. The van der Waals surface area contributed by atoms with E-state index >= 15 is 0 Å². The molecule has 0 aliphatic carbocycles. The Morgan fingerprint density at radius 3 is 2.86 bits per heavy atom. The van der Waals surface area contributed by atoms with Crippen molar-refractivity contribution in [2.24, 2.45) is 11.8 Å². The molecule has 2 heterocycles. The molecule has 0 N–H and O–H groups in total. The van der Waals surface area contributed by atoms with Gasteiger partial charge in [0.15, 0.2) is 0 Å². The van der Waals surface area contributed by atoms with Crippen molar-refractivity contribution in [1.82, 2.24) is 9.88 Å². The number of likely N-dealkylation sites (tertiary alicyclic amines) is 1.